The Labute approximate surface area is 112 Å². The molecule has 100 valence electrons. The Kier molecular flexibility index (Phi) is 4.59. The molecule has 0 fully saturated rings. The van der Waals surface area contributed by atoms with Crippen molar-refractivity contribution in [3.8, 4) is 0 Å². The van der Waals surface area contributed by atoms with Crippen molar-refractivity contribution >= 4 is 23.3 Å². The number of nitrogens with one attached hydrogen (secondary N) is 1. The first-order valence-electron chi connectivity index (χ1n) is 5.62. The molecule has 0 spiro atoms. The molecule has 18 heavy (non-hydrogen) atoms. The monoisotopic (exact) mass is 271 g/mol. The number of rotatable bonds is 4. The maximum atomic E-state index is 11.5. The summed E-state index contributed by atoms with van der Waals surface area (Å²) in [5, 5.41) is 13.3. The smallest absolute Gasteiger partial charge is 0.339 e. The van der Waals surface area contributed by atoms with Gasteiger partial charge in [0.25, 0.3) is 0 Å². The number of esters is 1. The summed E-state index contributed by atoms with van der Waals surface area (Å²) in [6, 6.07) is 4.80. The van der Waals surface area contributed by atoms with Crippen LogP contribution in [0, 0.1) is 0 Å². The van der Waals surface area contributed by atoms with Crippen molar-refractivity contribution in [3.05, 3.63) is 28.8 Å². The minimum absolute atomic E-state index is 0.177. The number of halogens is 1. The lowest BCUT2D eigenvalue weighted by Gasteiger charge is -2.27. The molecule has 1 unspecified atom stereocenters. The molecule has 1 aromatic carbocycles. The van der Waals surface area contributed by atoms with Crippen molar-refractivity contribution in [2.75, 3.05) is 12.4 Å². The van der Waals surface area contributed by atoms with Crippen LogP contribution < -0.4 is 5.32 Å². The number of methoxy groups -OCH3 is 1. The molecule has 0 radical (unpaired) electrons. The first-order valence-corrected chi connectivity index (χ1v) is 6.00. The Balaban J connectivity index is 2.96. The van der Waals surface area contributed by atoms with Crippen LogP contribution in [0.15, 0.2) is 18.2 Å². The second-order valence-corrected chi connectivity index (χ2v) is 5.11. The summed E-state index contributed by atoms with van der Waals surface area (Å²) in [7, 11) is 1.30. The van der Waals surface area contributed by atoms with E-state index >= 15 is 0 Å². The van der Waals surface area contributed by atoms with E-state index in [4.69, 9.17) is 11.6 Å². The predicted molar refractivity (Wildman–Crippen MR) is 72.2 cm³/mol. The van der Waals surface area contributed by atoms with E-state index in [9.17, 15) is 9.90 Å². The average Bonchev–Trinajstić information content (AvgIpc) is 2.29. The highest BCUT2D eigenvalue weighted by Crippen LogP contribution is 2.23. The van der Waals surface area contributed by atoms with Gasteiger partial charge in [-0.2, -0.15) is 0 Å². The summed E-state index contributed by atoms with van der Waals surface area (Å²) >= 11 is 5.92. The highest BCUT2D eigenvalue weighted by atomic mass is 35.5. The number of aliphatic hydroxyl groups is 1. The molecule has 0 saturated heterocycles. The van der Waals surface area contributed by atoms with E-state index < -0.39 is 11.6 Å². The third-order valence-electron chi connectivity index (χ3n) is 2.81. The molecule has 5 heteroatoms. The number of anilines is 1. The van der Waals surface area contributed by atoms with E-state index in [1.807, 2.05) is 6.92 Å². The molecule has 0 aliphatic carbocycles. The van der Waals surface area contributed by atoms with E-state index in [1.165, 1.54) is 7.11 Å². The molecular formula is C13H18ClNO3. The van der Waals surface area contributed by atoms with Crippen LogP contribution in [-0.2, 0) is 4.74 Å². The van der Waals surface area contributed by atoms with Gasteiger partial charge in [0.15, 0.2) is 0 Å². The quantitative estimate of drug-likeness (QED) is 0.827. The summed E-state index contributed by atoms with van der Waals surface area (Å²) in [4.78, 5) is 11.5. The number of carbonyl (C=O) groups is 1. The molecule has 0 aliphatic rings. The Hall–Kier alpha value is -1.26. The van der Waals surface area contributed by atoms with Crippen LogP contribution in [0.5, 0.6) is 0 Å². The number of benzene rings is 1. The SMILES string of the molecule is COC(=O)c1cc(NC(C)C(C)(C)O)ccc1Cl. The number of carbonyl (C=O) groups excluding carboxylic acids is 1. The topological polar surface area (TPSA) is 58.6 Å². The van der Waals surface area contributed by atoms with Crippen molar-refractivity contribution in [1.29, 1.82) is 0 Å². The van der Waals surface area contributed by atoms with E-state index in [0.717, 1.165) is 0 Å². The minimum Gasteiger partial charge on any atom is -0.465 e. The van der Waals surface area contributed by atoms with Crippen LogP contribution in [0.25, 0.3) is 0 Å². The van der Waals surface area contributed by atoms with E-state index in [-0.39, 0.29) is 6.04 Å². The van der Waals surface area contributed by atoms with Crippen molar-refractivity contribution in [1.82, 2.24) is 0 Å². The highest BCUT2D eigenvalue weighted by Gasteiger charge is 2.22. The Morgan fingerprint density at radius 2 is 2.11 bits per heavy atom. The van der Waals surface area contributed by atoms with Crippen molar-refractivity contribution in [2.45, 2.75) is 32.4 Å². The van der Waals surface area contributed by atoms with Crippen LogP contribution in [0.4, 0.5) is 5.69 Å². The lowest BCUT2D eigenvalue weighted by molar-refractivity contribution is 0.0601. The zero-order valence-corrected chi connectivity index (χ0v) is 11.7. The summed E-state index contributed by atoms with van der Waals surface area (Å²) in [5.41, 5.74) is 0.131. The Morgan fingerprint density at radius 1 is 1.50 bits per heavy atom. The molecule has 1 aromatic rings. The average molecular weight is 272 g/mol. The van der Waals surface area contributed by atoms with Gasteiger partial charge < -0.3 is 15.2 Å². The third kappa shape index (κ3) is 3.62. The molecule has 0 aliphatic heterocycles. The van der Waals surface area contributed by atoms with Crippen LogP contribution in [0.2, 0.25) is 5.02 Å². The van der Waals surface area contributed by atoms with E-state index in [1.54, 1.807) is 32.0 Å². The summed E-state index contributed by atoms with van der Waals surface area (Å²) in [6.07, 6.45) is 0. The molecule has 2 N–H and O–H groups in total. The van der Waals surface area contributed by atoms with Crippen molar-refractivity contribution < 1.29 is 14.6 Å². The number of hydrogen-bond acceptors (Lipinski definition) is 4. The van der Waals surface area contributed by atoms with Crippen molar-refractivity contribution in [2.24, 2.45) is 0 Å². The summed E-state index contributed by atoms with van der Waals surface area (Å²) in [6.45, 7) is 5.27. The first kappa shape index (κ1) is 14.8. The van der Waals surface area contributed by atoms with Gasteiger partial charge in [0.2, 0.25) is 0 Å². The van der Waals surface area contributed by atoms with Gasteiger partial charge in [0, 0.05) is 5.69 Å². The fraction of sp³-hybridized carbons (Fsp3) is 0.462. The lowest BCUT2D eigenvalue weighted by Crippen LogP contribution is -2.39. The molecular weight excluding hydrogens is 254 g/mol. The second-order valence-electron chi connectivity index (χ2n) is 4.71. The third-order valence-corrected chi connectivity index (χ3v) is 3.14. The molecule has 0 amide bonds. The fourth-order valence-electron chi connectivity index (χ4n) is 1.31. The van der Waals surface area contributed by atoms with Crippen LogP contribution in [0.1, 0.15) is 31.1 Å². The molecule has 1 rings (SSSR count). The first-order chi connectivity index (χ1) is 8.25. The summed E-state index contributed by atoms with van der Waals surface area (Å²) < 4.78 is 4.64. The van der Waals surface area contributed by atoms with Gasteiger partial charge in [-0.05, 0) is 39.0 Å². The predicted octanol–water partition coefficient (Wildman–Crippen LogP) is 2.70. The van der Waals surface area contributed by atoms with E-state index in [2.05, 4.69) is 10.1 Å². The molecule has 0 aromatic heterocycles. The van der Waals surface area contributed by atoms with Gasteiger partial charge in [-0.1, -0.05) is 11.6 Å². The molecule has 0 heterocycles. The Morgan fingerprint density at radius 3 is 2.61 bits per heavy atom. The normalized spacial score (nSPS) is 13.0. The van der Waals surface area contributed by atoms with Gasteiger partial charge in [-0.3, -0.25) is 0 Å². The highest BCUT2D eigenvalue weighted by molar-refractivity contribution is 6.33. The van der Waals surface area contributed by atoms with Gasteiger partial charge >= 0.3 is 5.97 Å². The standard InChI is InChI=1S/C13H18ClNO3/c1-8(13(2,3)17)15-9-5-6-11(14)10(7-9)12(16)18-4/h5-8,15,17H,1-4H3. The maximum Gasteiger partial charge on any atom is 0.339 e. The van der Waals surface area contributed by atoms with Crippen LogP contribution in [-0.4, -0.2) is 29.8 Å². The minimum atomic E-state index is -0.870. The largest absolute Gasteiger partial charge is 0.465 e. The van der Waals surface area contributed by atoms with Crippen LogP contribution >= 0.6 is 11.6 Å². The maximum absolute atomic E-state index is 11.5. The van der Waals surface area contributed by atoms with Gasteiger partial charge in [-0.25, -0.2) is 4.79 Å². The summed E-state index contributed by atoms with van der Waals surface area (Å²) in [5.74, 6) is -0.487. The molecule has 0 saturated carbocycles. The van der Waals surface area contributed by atoms with Crippen LogP contribution in [0.3, 0.4) is 0 Å². The van der Waals surface area contributed by atoms with E-state index in [0.29, 0.717) is 16.3 Å². The molecule has 4 nitrogen and oxygen atoms in total. The zero-order valence-electron chi connectivity index (χ0n) is 11.0. The van der Waals surface area contributed by atoms with Crippen molar-refractivity contribution in [3.63, 3.8) is 0 Å². The zero-order chi connectivity index (χ0) is 13.9. The number of hydrogen-bond donors (Lipinski definition) is 2. The molecule has 1 atom stereocenters. The van der Waals surface area contributed by atoms with Gasteiger partial charge in [0.1, 0.15) is 0 Å². The molecule has 0 bridgehead atoms. The lowest BCUT2D eigenvalue weighted by atomic mass is 10.0. The number of ether oxygens (including phenoxy) is 1. The van der Waals surface area contributed by atoms with Gasteiger partial charge in [-0.15, -0.1) is 0 Å². The van der Waals surface area contributed by atoms with Gasteiger partial charge in [0.05, 0.1) is 29.3 Å². The second kappa shape index (κ2) is 5.59. The Bertz CT molecular complexity index is 440. The fourth-order valence-corrected chi connectivity index (χ4v) is 1.50.